The van der Waals surface area contributed by atoms with Crippen LogP contribution in [0.15, 0.2) is 0 Å². The quantitative estimate of drug-likeness (QED) is 0.154. The summed E-state index contributed by atoms with van der Waals surface area (Å²) in [7, 11) is 0. The summed E-state index contributed by atoms with van der Waals surface area (Å²) in [6, 6.07) is 0. The van der Waals surface area contributed by atoms with Crippen LogP contribution in [0.2, 0.25) is 0 Å². The highest BCUT2D eigenvalue weighted by Gasteiger charge is 2.51. The van der Waals surface area contributed by atoms with Crippen molar-refractivity contribution in [2.24, 2.45) is 0 Å². The minimum Gasteiger partial charge on any atom is -0.394 e. The molecule has 3 saturated heterocycles. The van der Waals surface area contributed by atoms with Gasteiger partial charge in [-0.15, -0.1) is 0 Å². The van der Waals surface area contributed by atoms with Crippen LogP contribution in [0.25, 0.3) is 0 Å². The van der Waals surface area contributed by atoms with E-state index in [2.05, 4.69) is 0 Å². The molecule has 0 radical (unpaired) electrons. The number of rotatable bonds is 7. The van der Waals surface area contributed by atoms with E-state index in [1.165, 1.54) is 0 Å². The first kappa shape index (κ1) is 27.9. The molecule has 3 fully saturated rings. The van der Waals surface area contributed by atoms with Gasteiger partial charge in [0, 0.05) is 0 Å². The molecule has 0 aliphatic carbocycles. The third-order valence-corrected chi connectivity index (χ3v) is 6.07. The predicted molar refractivity (Wildman–Crippen MR) is 101 cm³/mol. The second kappa shape index (κ2) is 11.6. The van der Waals surface area contributed by atoms with E-state index in [9.17, 15) is 56.2 Å². The summed E-state index contributed by atoms with van der Waals surface area (Å²) in [6.07, 6.45) is -24.9. The highest BCUT2D eigenvalue weighted by molar-refractivity contribution is 4.94. The number of aliphatic hydroxyl groups excluding tert-OH is 11. The summed E-state index contributed by atoms with van der Waals surface area (Å²) in [5.74, 6) is 0. The summed E-state index contributed by atoms with van der Waals surface area (Å²) >= 11 is 0. The Kier molecular flexibility index (Phi) is 9.54. The van der Waals surface area contributed by atoms with Crippen LogP contribution in [0.1, 0.15) is 0 Å². The van der Waals surface area contributed by atoms with Gasteiger partial charge >= 0.3 is 0 Å². The SMILES string of the molecule is OC[C@@H]1O[C@@H](O[C@@H]2[C@H](O)[C@@H](O)O[C@H](CO[C@H]3O[C@H](CO)[C@@H](O)[C@H](O)[C@@H]3O)[C@H]2O)[C@H](O)[C@H](O)[C@H]1O. The average Bonchev–Trinajstić information content (AvgIpc) is 2.82. The van der Waals surface area contributed by atoms with Crippen molar-refractivity contribution in [2.45, 2.75) is 92.1 Å². The van der Waals surface area contributed by atoms with E-state index in [0.29, 0.717) is 0 Å². The van der Waals surface area contributed by atoms with Crippen molar-refractivity contribution in [2.75, 3.05) is 19.8 Å². The van der Waals surface area contributed by atoms with E-state index in [1.807, 2.05) is 0 Å². The molecule has 0 spiro atoms. The van der Waals surface area contributed by atoms with Crippen LogP contribution in [0.5, 0.6) is 0 Å². The van der Waals surface area contributed by atoms with Gasteiger partial charge in [-0.1, -0.05) is 0 Å². The van der Waals surface area contributed by atoms with Gasteiger partial charge in [-0.25, -0.2) is 0 Å². The van der Waals surface area contributed by atoms with E-state index in [0.717, 1.165) is 0 Å². The molecule has 16 nitrogen and oxygen atoms in total. The van der Waals surface area contributed by atoms with Gasteiger partial charge in [0.2, 0.25) is 0 Å². The number of aliphatic hydroxyl groups is 11. The zero-order chi connectivity index (χ0) is 25.3. The van der Waals surface area contributed by atoms with E-state index in [-0.39, 0.29) is 0 Å². The first-order valence-corrected chi connectivity index (χ1v) is 10.6. The zero-order valence-electron chi connectivity index (χ0n) is 17.7. The van der Waals surface area contributed by atoms with E-state index < -0.39 is 112 Å². The standard InChI is InChI=1S/C18H32O16/c19-1-4-7(21)10(24)12(26)17(32-4)30-3-6-9(23)15(14(28)16(29)31-6)34-18-13(27)11(25)8(22)5(2-20)33-18/h4-29H,1-3H2/t4-,5+,6-,7-,8+,9-,10+,11-,12+,13-,14+,15+,16+,17+,18+/m1/s1. The van der Waals surface area contributed by atoms with Gasteiger partial charge in [-0.2, -0.15) is 0 Å². The fraction of sp³-hybridized carbons (Fsp3) is 1.00. The molecule has 0 saturated carbocycles. The Hall–Kier alpha value is -0.640. The monoisotopic (exact) mass is 504 g/mol. The first-order chi connectivity index (χ1) is 16.0. The number of hydrogen-bond acceptors (Lipinski definition) is 16. The Balaban J connectivity index is 1.65. The molecule has 3 aliphatic heterocycles. The number of hydrogen-bond donors (Lipinski definition) is 11. The second-order valence-corrected chi connectivity index (χ2v) is 8.37. The topological polar surface area (TPSA) is 269 Å². The average molecular weight is 504 g/mol. The Morgan fingerprint density at radius 3 is 1.53 bits per heavy atom. The lowest BCUT2D eigenvalue weighted by atomic mass is 9.97. The molecular formula is C18H32O16. The molecule has 0 unspecified atom stereocenters. The minimum absolute atomic E-state index is 0.609. The molecular weight excluding hydrogens is 472 g/mol. The van der Waals surface area contributed by atoms with E-state index >= 15 is 0 Å². The lowest BCUT2D eigenvalue weighted by Gasteiger charge is -2.45. The van der Waals surface area contributed by atoms with Crippen LogP contribution < -0.4 is 0 Å². The van der Waals surface area contributed by atoms with Gasteiger partial charge in [0.15, 0.2) is 18.9 Å². The minimum atomic E-state index is -1.93. The first-order valence-electron chi connectivity index (χ1n) is 10.6. The molecule has 11 N–H and O–H groups in total. The summed E-state index contributed by atoms with van der Waals surface area (Å²) in [5, 5.41) is 109. The van der Waals surface area contributed by atoms with Gasteiger partial charge in [0.05, 0.1) is 19.8 Å². The highest BCUT2D eigenvalue weighted by Crippen LogP contribution is 2.29. The maximum absolute atomic E-state index is 10.6. The zero-order valence-corrected chi connectivity index (χ0v) is 17.7. The summed E-state index contributed by atoms with van der Waals surface area (Å²) in [6.45, 7) is -2.06. The van der Waals surface area contributed by atoms with Crippen LogP contribution in [-0.4, -0.2) is 168 Å². The Morgan fingerprint density at radius 1 is 0.500 bits per heavy atom. The van der Waals surface area contributed by atoms with Gasteiger partial charge in [0.1, 0.15) is 73.2 Å². The highest BCUT2D eigenvalue weighted by atomic mass is 16.7. The fourth-order valence-corrected chi connectivity index (χ4v) is 3.94. The maximum atomic E-state index is 10.6. The van der Waals surface area contributed by atoms with Crippen molar-refractivity contribution in [3.05, 3.63) is 0 Å². The summed E-state index contributed by atoms with van der Waals surface area (Å²) in [4.78, 5) is 0. The predicted octanol–water partition coefficient (Wildman–Crippen LogP) is -7.57. The molecule has 16 heteroatoms. The molecule has 34 heavy (non-hydrogen) atoms. The third-order valence-electron chi connectivity index (χ3n) is 6.07. The molecule has 0 aromatic carbocycles. The van der Waals surface area contributed by atoms with Crippen molar-refractivity contribution in [1.82, 2.24) is 0 Å². The van der Waals surface area contributed by atoms with Crippen LogP contribution in [0.3, 0.4) is 0 Å². The largest absolute Gasteiger partial charge is 0.394 e. The molecule has 3 aliphatic rings. The lowest BCUT2D eigenvalue weighted by molar-refractivity contribution is -0.361. The van der Waals surface area contributed by atoms with Crippen LogP contribution >= 0.6 is 0 Å². The van der Waals surface area contributed by atoms with E-state index in [1.54, 1.807) is 0 Å². The fourth-order valence-electron chi connectivity index (χ4n) is 3.94. The Bertz CT molecular complexity index is 637. The lowest BCUT2D eigenvalue weighted by Crippen LogP contribution is -2.65. The Labute approximate surface area is 192 Å². The van der Waals surface area contributed by atoms with Crippen LogP contribution in [0.4, 0.5) is 0 Å². The smallest absolute Gasteiger partial charge is 0.187 e. The summed E-state index contributed by atoms with van der Waals surface area (Å²) in [5.41, 5.74) is 0. The molecule has 3 rings (SSSR count). The molecule has 15 atom stereocenters. The molecule has 0 bridgehead atoms. The van der Waals surface area contributed by atoms with Crippen molar-refractivity contribution in [1.29, 1.82) is 0 Å². The second-order valence-electron chi connectivity index (χ2n) is 8.37. The van der Waals surface area contributed by atoms with Gasteiger partial charge in [0.25, 0.3) is 0 Å². The molecule has 0 amide bonds. The number of ether oxygens (including phenoxy) is 5. The normalized spacial score (nSPS) is 52.5. The van der Waals surface area contributed by atoms with Crippen molar-refractivity contribution in [3.63, 3.8) is 0 Å². The molecule has 3 heterocycles. The summed E-state index contributed by atoms with van der Waals surface area (Å²) < 4.78 is 26.1. The van der Waals surface area contributed by atoms with Crippen molar-refractivity contribution in [3.8, 4) is 0 Å². The van der Waals surface area contributed by atoms with Gasteiger partial charge < -0.3 is 79.9 Å². The van der Waals surface area contributed by atoms with Crippen LogP contribution in [-0.2, 0) is 23.7 Å². The van der Waals surface area contributed by atoms with Crippen LogP contribution in [0, 0.1) is 0 Å². The molecule has 0 aromatic heterocycles. The van der Waals surface area contributed by atoms with E-state index in [4.69, 9.17) is 23.7 Å². The molecule has 0 aromatic rings. The van der Waals surface area contributed by atoms with Gasteiger partial charge in [-0.05, 0) is 0 Å². The maximum Gasteiger partial charge on any atom is 0.187 e. The molecule has 200 valence electrons. The third kappa shape index (κ3) is 5.52. The van der Waals surface area contributed by atoms with Crippen molar-refractivity contribution < 1.29 is 79.9 Å². The van der Waals surface area contributed by atoms with Crippen molar-refractivity contribution >= 4 is 0 Å². The van der Waals surface area contributed by atoms with Gasteiger partial charge in [-0.3, -0.25) is 0 Å². The Morgan fingerprint density at radius 2 is 1.00 bits per heavy atom.